The van der Waals surface area contributed by atoms with Crippen LogP contribution in [0.1, 0.15) is 46.0 Å². The summed E-state index contributed by atoms with van der Waals surface area (Å²) in [5, 5.41) is 11.5. The summed E-state index contributed by atoms with van der Waals surface area (Å²) in [7, 11) is 0. The quantitative estimate of drug-likeness (QED) is 0.774. The van der Waals surface area contributed by atoms with Gasteiger partial charge in [0, 0.05) is 13.1 Å². The number of nitrogens with one attached hydrogen (secondary N) is 1. The number of nitrogens with zero attached hydrogens (tertiary/aromatic N) is 3. The van der Waals surface area contributed by atoms with E-state index in [1.54, 1.807) is 0 Å². The van der Waals surface area contributed by atoms with Gasteiger partial charge in [-0.1, -0.05) is 13.8 Å². The molecule has 0 amide bonds. The Morgan fingerprint density at radius 2 is 2.00 bits per heavy atom. The van der Waals surface area contributed by atoms with Crippen LogP contribution in [0.4, 0.5) is 5.95 Å². The molecule has 92 valence electrons. The minimum atomic E-state index is -0.0279. The fraction of sp³-hybridized carbons (Fsp3) is 0.818. The third-order valence-electron chi connectivity index (χ3n) is 2.49. The van der Waals surface area contributed by atoms with Crippen molar-refractivity contribution >= 4 is 5.95 Å². The van der Waals surface area contributed by atoms with Crippen molar-refractivity contribution in [3.8, 4) is 0 Å². The highest BCUT2D eigenvalue weighted by molar-refractivity contribution is 5.26. The van der Waals surface area contributed by atoms with E-state index in [1.807, 2.05) is 6.92 Å². The summed E-state index contributed by atoms with van der Waals surface area (Å²) < 4.78 is 2.05. The van der Waals surface area contributed by atoms with E-state index in [0.717, 1.165) is 31.3 Å². The molecule has 3 N–H and O–H groups in total. The molecular formula is C11H23N5. The maximum Gasteiger partial charge on any atom is 0.224 e. The van der Waals surface area contributed by atoms with Gasteiger partial charge in [0.1, 0.15) is 0 Å². The van der Waals surface area contributed by atoms with Crippen LogP contribution in [0.2, 0.25) is 0 Å². The Morgan fingerprint density at radius 1 is 1.31 bits per heavy atom. The van der Waals surface area contributed by atoms with Crippen LogP contribution >= 0.6 is 0 Å². The van der Waals surface area contributed by atoms with Gasteiger partial charge >= 0.3 is 0 Å². The van der Waals surface area contributed by atoms with E-state index in [4.69, 9.17) is 5.73 Å². The van der Waals surface area contributed by atoms with Gasteiger partial charge < -0.3 is 11.1 Å². The summed E-state index contributed by atoms with van der Waals surface area (Å²) in [5.74, 6) is 2.27. The molecule has 1 atom stereocenters. The van der Waals surface area contributed by atoms with Crippen molar-refractivity contribution in [2.45, 2.75) is 46.7 Å². The molecule has 0 saturated heterocycles. The molecule has 0 radical (unpaired) electrons. The highest BCUT2D eigenvalue weighted by Gasteiger charge is 2.17. The van der Waals surface area contributed by atoms with E-state index in [0.29, 0.717) is 5.92 Å². The van der Waals surface area contributed by atoms with E-state index >= 15 is 0 Å². The monoisotopic (exact) mass is 225 g/mol. The zero-order chi connectivity index (χ0) is 12.1. The first-order valence-corrected chi connectivity index (χ1v) is 6.02. The number of hydrogen-bond donors (Lipinski definition) is 2. The summed E-state index contributed by atoms with van der Waals surface area (Å²) in [5.41, 5.74) is 6.13. The maximum absolute atomic E-state index is 6.13. The van der Waals surface area contributed by atoms with Gasteiger partial charge in [-0.25, -0.2) is 0 Å². The van der Waals surface area contributed by atoms with Crippen LogP contribution in [0.25, 0.3) is 0 Å². The van der Waals surface area contributed by atoms with E-state index < -0.39 is 0 Å². The number of hydrogen-bond acceptors (Lipinski definition) is 4. The van der Waals surface area contributed by atoms with Crippen molar-refractivity contribution in [3.63, 3.8) is 0 Å². The molecule has 0 fully saturated rings. The number of aromatic nitrogens is 3. The van der Waals surface area contributed by atoms with Crippen LogP contribution in [0.15, 0.2) is 0 Å². The van der Waals surface area contributed by atoms with Gasteiger partial charge in [0.15, 0.2) is 5.82 Å². The molecule has 1 aromatic rings. The maximum atomic E-state index is 6.13. The molecule has 1 heterocycles. The van der Waals surface area contributed by atoms with E-state index in [-0.39, 0.29) is 6.04 Å². The molecule has 0 aliphatic heterocycles. The highest BCUT2D eigenvalue weighted by Crippen LogP contribution is 2.19. The first-order valence-electron chi connectivity index (χ1n) is 6.02. The van der Waals surface area contributed by atoms with Gasteiger partial charge in [-0.15, -0.1) is 10.2 Å². The molecule has 0 aliphatic carbocycles. The van der Waals surface area contributed by atoms with Crippen LogP contribution in [0.3, 0.4) is 0 Å². The van der Waals surface area contributed by atoms with Crippen molar-refractivity contribution in [1.29, 1.82) is 0 Å². The van der Waals surface area contributed by atoms with Gasteiger partial charge in [0.25, 0.3) is 0 Å². The van der Waals surface area contributed by atoms with Gasteiger partial charge in [0.05, 0.1) is 6.04 Å². The lowest BCUT2D eigenvalue weighted by Crippen LogP contribution is -2.19. The lowest BCUT2D eigenvalue weighted by atomic mass is 10.0. The first-order chi connectivity index (χ1) is 7.60. The van der Waals surface area contributed by atoms with Gasteiger partial charge in [0.2, 0.25) is 5.95 Å². The highest BCUT2D eigenvalue weighted by atomic mass is 15.4. The molecular weight excluding hydrogens is 202 g/mol. The number of nitrogens with two attached hydrogens (primary N) is 1. The van der Waals surface area contributed by atoms with Gasteiger partial charge in [-0.2, -0.15) is 0 Å². The molecule has 1 rings (SSSR count). The predicted octanol–water partition coefficient (Wildman–Crippen LogP) is 1.78. The first kappa shape index (κ1) is 13.0. The van der Waals surface area contributed by atoms with Gasteiger partial charge in [-0.05, 0) is 26.2 Å². The Hall–Kier alpha value is -1.10. The molecule has 0 aliphatic rings. The van der Waals surface area contributed by atoms with Crippen LogP contribution in [-0.2, 0) is 6.54 Å². The Bertz CT molecular complexity index is 318. The summed E-state index contributed by atoms with van der Waals surface area (Å²) in [4.78, 5) is 0. The molecule has 16 heavy (non-hydrogen) atoms. The smallest absolute Gasteiger partial charge is 0.224 e. The normalized spacial score (nSPS) is 13.1. The van der Waals surface area contributed by atoms with Crippen molar-refractivity contribution < 1.29 is 0 Å². The minimum Gasteiger partial charge on any atom is -0.355 e. The van der Waals surface area contributed by atoms with Crippen molar-refractivity contribution in [2.75, 3.05) is 11.9 Å². The number of anilines is 1. The van der Waals surface area contributed by atoms with Crippen LogP contribution in [0, 0.1) is 5.92 Å². The number of rotatable bonds is 6. The predicted molar refractivity (Wildman–Crippen MR) is 66.2 cm³/mol. The molecule has 5 nitrogen and oxygen atoms in total. The third-order valence-corrected chi connectivity index (χ3v) is 2.49. The second kappa shape index (κ2) is 5.84. The van der Waals surface area contributed by atoms with Crippen LogP contribution < -0.4 is 11.1 Å². The average Bonchev–Trinajstić information content (AvgIpc) is 2.60. The summed E-state index contributed by atoms with van der Waals surface area (Å²) in [6.45, 7) is 10.1. The van der Waals surface area contributed by atoms with E-state index in [9.17, 15) is 0 Å². The Balaban J connectivity index is 2.86. The fourth-order valence-corrected chi connectivity index (χ4v) is 1.80. The average molecular weight is 225 g/mol. The summed E-state index contributed by atoms with van der Waals surface area (Å²) >= 11 is 0. The SMILES string of the molecule is CCNc1nnc([C@@H](N)CC(C)C)n1CC. The molecule has 0 unspecified atom stereocenters. The van der Waals surface area contributed by atoms with Crippen LogP contribution in [0.5, 0.6) is 0 Å². The standard InChI is InChI=1S/C11H23N5/c1-5-13-11-15-14-10(16(11)6-2)9(12)7-8(3)4/h8-9H,5-7,12H2,1-4H3,(H,13,15)/t9-/m0/s1. The van der Waals surface area contributed by atoms with Crippen molar-refractivity contribution in [2.24, 2.45) is 11.7 Å². The molecule has 0 saturated carbocycles. The topological polar surface area (TPSA) is 68.8 Å². The molecule has 1 aromatic heterocycles. The second-order valence-corrected chi connectivity index (χ2v) is 4.39. The third kappa shape index (κ3) is 2.95. The summed E-state index contributed by atoms with van der Waals surface area (Å²) in [6.07, 6.45) is 0.935. The zero-order valence-corrected chi connectivity index (χ0v) is 10.7. The zero-order valence-electron chi connectivity index (χ0n) is 10.7. The van der Waals surface area contributed by atoms with Gasteiger partial charge in [-0.3, -0.25) is 4.57 Å². The van der Waals surface area contributed by atoms with Crippen molar-refractivity contribution in [1.82, 2.24) is 14.8 Å². The Kier molecular flexibility index (Phi) is 4.73. The lowest BCUT2D eigenvalue weighted by Gasteiger charge is -2.15. The second-order valence-electron chi connectivity index (χ2n) is 4.39. The van der Waals surface area contributed by atoms with E-state index in [2.05, 4.69) is 40.9 Å². The Labute approximate surface area is 97.4 Å². The fourth-order valence-electron chi connectivity index (χ4n) is 1.80. The molecule has 0 aromatic carbocycles. The van der Waals surface area contributed by atoms with Crippen molar-refractivity contribution in [3.05, 3.63) is 5.82 Å². The van der Waals surface area contributed by atoms with Crippen LogP contribution in [-0.4, -0.2) is 21.3 Å². The Morgan fingerprint density at radius 3 is 2.50 bits per heavy atom. The molecule has 0 bridgehead atoms. The molecule has 0 spiro atoms. The lowest BCUT2D eigenvalue weighted by molar-refractivity contribution is 0.477. The summed E-state index contributed by atoms with van der Waals surface area (Å²) in [6, 6.07) is -0.0279. The van der Waals surface area contributed by atoms with E-state index in [1.165, 1.54) is 0 Å². The minimum absolute atomic E-state index is 0.0279. The molecule has 5 heteroatoms. The largest absolute Gasteiger partial charge is 0.355 e.